The lowest BCUT2D eigenvalue weighted by Gasteiger charge is -2.14. The number of nitrogens with zero attached hydrogens (tertiary/aromatic N) is 2. The van der Waals surface area contributed by atoms with E-state index in [0.29, 0.717) is 5.69 Å². The number of carbonyl (C=O) groups is 1. The number of likely N-dealkylation sites (tertiary alicyclic amines) is 1. The molecule has 3 heterocycles. The van der Waals surface area contributed by atoms with E-state index >= 15 is 0 Å². The van der Waals surface area contributed by atoms with Crippen molar-refractivity contribution in [2.45, 2.75) is 12.8 Å². The summed E-state index contributed by atoms with van der Waals surface area (Å²) in [5.41, 5.74) is 1.44. The molecule has 1 fully saturated rings. The monoisotopic (exact) mass is 269 g/mol. The quantitative estimate of drug-likeness (QED) is 0.902. The second kappa shape index (κ2) is 5.28. The van der Waals surface area contributed by atoms with Crippen LogP contribution in [0.1, 0.15) is 23.2 Å². The first-order chi connectivity index (χ1) is 9.75. The molecule has 102 valence electrons. The minimum Gasteiger partial charge on any atom is -0.338 e. The number of carbonyl (C=O) groups excluding carboxylic acids is 1. The molecule has 0 atom stereocenters. The Hall–Kier alpha value is -2.43. The van der Waals surface area contributed by atoms with E-state index in [1.54, 1.807) is 29.4 Å². The van der Waals surface area contributed by atoms with Crippen molar-refractivity contribution in [1.82, 2.24) is 14.9 Å². The van der Waals surface area contributed by atoms with Crippen LogP contribution < -0.4 is 5.56 Å². The van der Waals surface area contributed by atoms with Crippen molar-refractivity contribution < 1.29 is 4.79 Å². The molecule has 2 aromatic heterocycles. The highest BCUT2D eigenvalue weighted by Gasteiger charge is 2.21. The number of amides is 1. The van der Waals surface area contributed by atoms with E-state index < -0.39 is 0 Å². The van der Waals surface area contributed by atoms with E-state index in [9.17, 15) is 9.59 Å². The fourth-order valence-electron chi connectivity index (χ4n) is 2.43. The van der Waals surface area contributed by atoms with Gasteiger partial charge in [-0.05, 0) is 37.1 Å². The Balaban J connectivity index is 1.92. The number of hydrogen-bond donors (Lipinski definition) is 1. The fourth-order valence-corrected chi connectivity index (χ4v) is 2.43. The van der Waals surface area contributed by atoms with Crippen LogP contribution in [-0.4, -0.2) is 33.9 Å². The molecule has 2 aromatic rings. The zero-order valence-corrected chi connectivity index (χ0v) is 11.0. The molecule has 5 nitrogen and oxygen atoms in total. The molecule has 0 unspecified atom stereocenters. The summed E-state index contributed by atoms with van der Waals surface area (Å²) in [5.74, 6) is -0.176. The van der Waals surface area contributed by atoms with Crippen LogP contribution in [0.25, 0.3) is 11.3 Å². The highest BCUT2D eigenvalue weighted by Crippen LogP contribution is 2.15. The Morgan fingerprint density at radius 3 is 2.45 bits per heavy atom. The van der Waals surface area contributed by atoms with Crippen molar-refractivity contribution in [3.63, 3.8) is 0 Å². The third-order valence-electron chi connectivity index (χ3n) is 3.52. The average Bonchev–Trinajstić information content (AvgIpc) is 3.01. The highest BCUT2D eigenvalue weighted by atomic mass is 16.2. The lowest BCUT2D eigenvalue weighted by Crippen LogP contribution is -2.32. The summed E-state index contributed by atoms with van der Waals surface area (Å²) in [7, 11) is 0. The molecule has 0 spiro atoms. The van der Waals surface area contributed by atoms with Crippen molar-refractivity contribution in [2.24, 2.45) is 0 Å². The second-order valence-electron chi connectivity index (χ2n) is 4.85. The molecular formula is C15H15N3O2. The number of pyridine rings is 2. The number of aromatic nitrogens is 2. The molecule has 0 bridgehead atoms. The van der Waals surface area contributed by atoms with Gasteiger partial charge >= 0.3 is 0 Å². The maximum absolute atomic E-state index is 12.2. The van der Waals surface area contributed by atoms with Gasteiger partial charge in [0.15, 0.2) is 0 Å². The standard InChI is InChI=1S/C15H15N3O2/c19-14-12(15(20)18-9-1-2-10-18)3-4-13(17-14)11-5-7-16-8-6-11/h3-8H,1-2,9-10H2,(H,17,19). The summed E-state index contributed by atoms with van der Waals surface area (Å²) in [6.07, 6.45) is 5.35. The summed E-state index contributed by atoms with van der Waals surface area (Å²) in [5, 5.41) is 0. The van der Waals surface area contributed by atoms with Crippen LogP contribution in [0.5, 0.6) is 0 Å². The van der Waals surface area contributed by atoms with E-state index in [1.807, 2.05) is 12.1 Å². The van der Waals surface area contributed by atoms with Gasteiger partial charge in [-0.15, -0.1) is 0 Å². The largest absolute Gasteiger partial charge is 0.338 e. The number of H-pyrrole nitrogens is 1. The van der Waals surface area contributed by atoms with Crippen LogP contribution in [0.15, 0.2) is 41.5 Å². The Bertz CT molecular complexity index is 673. The Labute approximate surface area is 116 Å². The Morgan fingerprint density at radius 2 is 1.80 bits per heavy atom. The van der Waals surface area contributed by atoms with Gasteiger partial charge in [-0.1, -0.05) is 0 Å². The van der Waals surface area contributed by atoms with Gasteiger partial charge in [0.05, 0.1) is 0 Å². The van der Waals surface area contributed by atoms with Gasteiger partial charge < -0.3 is 9.88 Å². The van der Waals surface area contributed by atoms with Crippen LogP contribution in [0.3, 0.4) is 0 Å². The van der Waals surface area contributed by atoms with Gasteiger partial charge in [0.1, 0.15) is 5.56 Å². The zero-order valence-electron chi connectivity index (χ0n) is 11.0. The van der Waals surface area contributed by atoms with Gasteiger partial charge in [0.25, 0.3) is 11.5 Å². The molecule has 1 saturated heterocycles. The molecule has 1 aliphatic heterocycles. The van der Waals surface area contributed by atoms with Crippen LogP contribution in [0, 0.1) is 0 Å². The number of nitrogens with one attached hydrogen (secondary N) is 1. The third kappa shape index (κ3) is 2.34. The average molecular weight is 269 g/mol. The number of hydrogen-bond acceptors (Lipinski definition) is 3. The summed E-state index contributed by atoms with van der Waals surface area (Å²) in [6.45, 7) is 1.48. The van der Waals surface area contributed by atoms with E-state index in [1.165, 1.54) is 0 Å². The molecule has 0 aliphatic carbocycles. The number of aromatic amines is 1. The molecule has 20 heavy (non-hydrogen) atoms. The van der Waals surface area contributed by atoms with Crippen molar-refractivity contribution in [3.05, 3.63) is 52.6 Å². The van der Waals surface area contributed by atoms with Crippen LogP contribution in [0.2, 0.25) is 0 Å². The van der Waals surface area contributed by atoms with Crippen LogP contribution in [0.4, 0.5) is 0 Å². The van der Waals surface area contributed by atoms with Crippen LogP contribution >= 0.6 is 0 Å². The fraction of sp³-hybridized carbons (Fsp3) is 0.267. The molecular weight excluding hydrogens is 254 g/mol. The summed E-state index contributed by atoms with van der Waals surface area (Å²) in [4.78, 5) is 32.7. The first kappa shape index (κ1) is 12.6. The van der Waals surface area contributed by atoms with Crippen molar-refractivity contribution in [3.8, 4) is 11.3 Å². The van der Waals surface area contributed by atoms with Gasteiger partial charge in [0.2, 0.25) is 0 Å². The molecule has 1 aliphatic rings. The van der Waals surface area contributed by atoms with E-state index in [4.69, 9.17) is 0 Å². The van der Waals surface area contributed by atoms with Gasteiger partial charge in [0, 0.05) is 36.7 Å². The topological polar surface area (TPSA) is 66.1 Å². The lowest BCUT2D eigenvalue weighted by atomic mass is 10.1. The molecule has 3 rings (SSSR count). The summed E-state index contributed by atoms with van der Waals surface area (Å²) >= 11 is 0. The van der Waals surface area contributed by atoms with Crippen LogP contribution in [-0.2, 0) is 0 Å². The normalized spacial score (nSPS) is 14.5. The van der Waals surface area contributed by atoms with Gasteiger partial charge in [-0.3, -0.25) is 14.6 Å². The minimum atomic E-state index is -0.337. The van der Waals surface area contributed by atoms with E-state index in [-0.39, 0.29) is 17.0 Å². The van der Waals surface area contributed by atoms with Gasteiger partial charge in [-0.2, -0.15) is 0 Å². The second-order valence-corrected chi connectivity index (χ2v) is 4.85. The summed E-state index contributed by atoms with van der Waals surface area (Å²) < 4.78 is 0. The molecule has 5 heteroatoms. The third-order valence-corrected chi connectivity index (χ3v) is 3.52. The molecule has 0 aromatic carbocycles. The van der Waals surface area contributed by atoms with Crippen molar-refractivity contribution >= 4 is 5.91 Å². The predicted octanol–water partition coefficient (Wildman–Crippen LogP) is 1.67. The van der Waals surface area contributed by atoms with E-state index in [2.05, 4.69) is 9.97 Å². The van der Waals surface area contributed by atoms with Gasteiger partial charge in [-0.25, -0.2) is 0 Å². The first-order valence-electron chi connectivity index (χ1n) is 6.69. The molecule has 1 amide bonds. The van der Waals surface area contributed by atoms with Crippen molar-refractivity contribution in [2.75, 3.05) is 13.1 Å². The predicted molar refractivity (Wildman–Crippen MR) is 75.4 cm³/mol. The highest BCUT2D eigenvalue weighted by molar-refractivity contribution is 5.94. The SMILES string of the molecule is O=C(c1ccc(-c2ccncc2)[nH]c1=O)N1CCCC1. The molecule has 0 radical (unpaired) electrons. The lowest BCUT2D eigenvalue weighted by molar-refractivity contribution is 0.0791. The smallest absolute Gasteiger partial charge is 0.261 e. The molecule has 1 N–H and O–H groups in total. The number of rotatable bonds is 2. The van der Waals surface area contributed by atoms with Crippen molar-refractivity contribution in [1.29, 1.82) is 0 Å². The zero-order chi connectivity index (χ0) is 13.9. The Morgan fingerprint density at radius 1 is 1.10 bits per heavy atom. The Kier molecular flexibility index (Phi) is 3.33. The first-order valence-corrected chi connectivity index (χ1v) is 6.69. The summed E-state index contributed by atoms with van der Waals surface area (Å²) in [6, 6.07) is 7.00. The van der Waals surface area contributed by atoms with E-state index in [0.717, 1.165) is 31.5 Å². The maximum Gasteiger partial charge on any atom is 0.261 e. The minimum absolute atomic E-state index is 0.176. The molecule has 0 saturated carbocycles. The maximum atomic E-state index is 12.2.